The first kappa shape index (κ1) is 25.4. The molecule has 0 saturated carbocycles. The predicted octanol–water partition coefficient (Wildman–Crippen LogP) is 9.12. The van der Waals surface area contributed by atoms with E-state index in [0.29, 0.717) is 5.56 Å². The molecular weight excluding hydrogens is 380 g/mol. The monoisotopic (exact) mass is 424 g/mol. The van der Waals surface area contributed by atoms with Crippen LogP contribution in [0.15, 0.2) is 30.3 Å². The van der Waals surface area contributed by atoms with Gasteiger partial charge in [0.1, 0.15) is 0 Å². The quantitative estimate of drug-likeness (QED) is 0.257. The summed E-state index contributed by atoms with van der Waals surface area (Å²) in [6.07, 6.45) is 20.3. The highest BCUT2D eigenvalue weighted by molar-refractivity contribution is 6.04. The first-order chi connectivity index (χ1) is 15.2. The molecule has 0 atom stereocenters. The summed E-state index contributed by atoms with van der Waals surface area (Å²) in [4.78, 5) is 11.8. The van der Waals surface area contributed by atoms with Gasteiger partial charge in [-0.3, -0.25) is 0 Å². The molecule has 0 saturated heterocycles. The number of aromatic carboxylic acids is 1. The molecule has 0 radical (unpaired) electrons. The maximum Gasteiger partial charge on any atom is 0.336 e. The minimum Gasteiger partial charge on any atom is -0.478 e. The first-order valence-corrected chi connectivity index (χ1v) is 12.9. The molecule has 0 spiro atoms. The van der Waals surface area contributed by atoms with Gasteiger partial charge in [-0.2, -0.15) is 0 Å². The zero-order valence-corrected chi connectivity index (χ0v) is 20.1. The summed E-state index contributed by atoms with van der Waals surface area (Å²) >= 11 is 0. The van der Waals surface area contributed by atoms with Crippen LogP contribution in [0.2, 0.25) is 0 Å². The van der Waals surface area contributed by atoms with Crippen LogP contribution < -0.4 is 0 Å². The standard InChI is InChI=1S/C29H44O2/c1-3-5-7-9-11-13-15-17-24-19-20-27-26(21-24)22-25(23-28(27)29(30)31)18-16-14-12-10-8-6-4-2/h19-23H,3-18H2,1-2H3,(H,30,31). The molecule has 0 aliphatic rings. The lowest BCUT2D eigenvalue weighted by Gasteiger charge is -2.10. The van der Waals surface area contributed by atoms with Crippen molar-refractivity contribution < 1.29 is 9.90 Å². The molecule has 0 heterocycles. The Morgan fingerprint density at radius 1 is 0.645 bits per heavy atom. The lowest BCUT2D eigenvalue weighted by atomic mass is 9.95. The normalized spacial score (nSPS) is 11.3. The van der Waals surface area contributed by atoms with Crippen LogP contribution in [0.3, 0.4) is 0 Å². The third-order valence-electron chi connectivity index (χ3n) is 6.45. The Kier molecular flexibility index (Phi) is 12.3. The zero-order valence-electron chi connectivity index (χ0n) is 20.1. The zero-order chi connectivity index (χ0) is 22.3. The Bertz CT molecular complexity index is 772. The second kappa shape index (κ2) is 15.1. The van der Waals surface area contributed by atoms with E-state index < -0.39 is 5.97 Å². The highest BCUT2D eigenvalue weighted by Crippen LogP contribution is 2.25. The van der Waals surface area contributed by atoms with Gasteiger partial charge < -0.3 is 5.11 Å². The number of carboxylic acid groups (broad SMARTS) is 1. The maximum absolute atomic E-state index is 11.8. The number of unbranched alkanes of at least 4 members (excludes halogenated alkanes) is 12. The van der Waals surface area contributed by atoms with Gasteiger partial charge >= 0.3 is 5.97 Å². The molecule has 2 rings (SSSR count). The van der Waals surface area contributed by atoms with Gasteiger partial charge in [0.15, 0.2) is 0 Å². The van der Waals surface area contributed by atoms with Crippen LogP contribution in [0.25, 0.3) is 10.8 Å². The third-order valence-corrected chi connectivity index (χ3v) is 6.45. The Morgan fingerprint density at radius 3 is 1.68 bits per heavy atom. The van der Waals surface area contributed by atoms with E-state index in [1.807, 2.05) is 12.1 Å². The summed E-state index contributed by atoms with van der Waals surface area (Å²) in [5.74, 6) is -0.814. The van der Waals surface area contributed by atoms with Gasteiger partial charge in [0.05, 0.1) is 5.56 Å². The summed E-state index contributed by atoms with van der Waals surface area (Å²) in [5, 5.41) is 11.7. The van der Waals surface area contributed by atoms with E-state index in [9.17, 15) is 9.90 Å². The van der Waals surface area contributed by atoms with Crippen LogP contribution in [0, 0.1) is 0 Å². The lowest BCUT2D eigenvalue weighted by Crippen LogP contribution is -2.00. The molecule has 1 N–H and O–H groups in total. The van der Waals surface area contributed by atoms with E-state index in [1.165, 1.54) is 94.6 Å². The second-order valence-electron chi connectivity index (χ2n) is 9.25. The Morgan fingerprint density at radius 2 is 1.13 bits per heavy atom. The fraction of sp³-hybridized carbons (Fsp3) is 0.621. The fourth-order valence-electron chi connectivity index (χ4n) is 4.53. The SMILES string of the molecule is CCCCCCCCCc1ccc2c(C(=O)O)cc(CCCCCCCCC)cc2c1. The lowest BCUT2D eigenvalue weighted by molar-refractivity contribution is 0.0699. The molecule has 0 aromatic heterocycles. The van der Waals surface area contributed by atoms with Crippen molar-refractivity contribution in [2.75, 3.05) is 0 Å². The second-order valence-corrected chi connectivity index (χ2v) is 9.25. The van der Waals surface area contributed by atoms with E-state index in [2.05, 4.69) is 32.0 Å². The Balaban J connectivity index is 1.93. The highest BCUT2D eigenvalue weighted by Gasteiger charge is 2.11. The van der Waals surface area contributed by atoms with Crippen LogP contribution in [-0.2, 0) is 12.8 Å². The average molecular weight is 425 g/mol. The molecule has 0 aliphatic carbocycles. The number of hydrogen-bond acceptors (Lipinski definition) is 1. The summed E-state index contributed by atoms with van der Waals surface area (Å²) in [6, 6.07) is 10.5. The average Bonchev–Trinajstić information content (AvgIpc) is 2.77. The van der Waals surface area contributed by atoms with Crippen LogP contribution in [0.4, 0.5) is 0 Å². The number of rotatable bonds is 17. The van der Waals surface area contributed by atoms with Gasteiger partial charge in [0.2, 0.25) is 0 Å². The van der Waals surface area contributed by atoms with Gasteiger partial charge in [-0.05, 0) is 53.6 Å². The van der Waals surface area contributed by atoms with Crippen LogP contribution in [0.5, 0.6) is 0 Å². The molecule has 2 heteroatoms. The number of hydrogen-bond donors (Lipinski definition) is 1. The molecular formula is C29H44O2. The van der Waals surface area contributed by atoms with Crippen molar-refractivity contribution in [3.05, 3.63) is 47.0 Å². The van der Waals surface area contributed by atoms with Crippen LogP contribution in [0.1, 0.15) is 125 Å². The smallest absolute Gasteiger partial charge is 0.336 e. The van der Waals surface area contributed by atoms with Gasteiger partial charge in [-0.15, -0.1) is 0 Å². The van der Waals surface area contributed by atoms with Gasteiger partial charge in [-0.1, -0.05) is 115 Å². The van der Waals surface area contributed by atoms with Crippen molar-refractivity contribution in [2.24, 2.45) is 0 Å². The van der Waals surface area contributed by atoms with Gasteiger partial charge in [0, 0.05) is 0 Å². The molecule has 31 heavy (non-hydrogen) atoms. The summed E-state index contributed by atoms with van der Waals surface area (Å²) in [7, 11) is 0. The van der Waals surface area contributed by atoms with Gasteiger partial charge in [0.25, 0.3) is 0 Å². The third kappa shape index (κ3) is 9.46. The van der Waals surface area contributed by atoms with Crippen molar-refractivity contribution in [1.82, 2.24) is 0 Å². The van der Waals surface area contributed by atoms with Crippen LogP contribution >= 0.6 is 0 Å². The molecule has 0 unspecified atom stereocenters. The minimum atomic E-state index is -0.814. The molecule has 0 bridgehead atoms. The van der Waals surface area contributed by atoms with E-state index in [0.717, 1.165) is 30.0 Å². The highest BCUT2D eigenvalue weighted by atomic mass is 16.4. The summed E-state index contributed by atoms with van der Waals surface area (Å²) in [6.45, 7) is 4.51. The largest absolute Gasteiger partial charge is 0.478 e. The molecule has 2 nitrogen and oxygen atoms in total. The van der Waals surface area contributed by atoms with E-state index in [-0.39, 0.29) is 0 Å². The van der Waals surface area contributed by atoms with Crippen molar-refractivity contribution in [3.8, 4) is 0 Å². The number of carboxylic acids is 1. The molecule has 2 aromatic carbocycles. The molecule has 0 fully saturated rings. The predicted molar refractivity (Wildman–Crippen MR) is 134 cm³/mol. The number of carbonyl (C=O) groups is 1. The molecule has 172 valence electrons. The van der Waals surface area contributed by atoms with E-state index >= 15 is 0 Å². The molecule has 2 aromatic rings. The first-order valence-electron chi connectivity index (χ1n) is 12.9. The summed E-state index contributed by atoms with van der Waals surface area (Å²) < 4.78 is 0. The number of fused-ring (bicyclic) bond motifs is 1. The van der Waals surface area contributed by atoms with E-state index in [1.54, 1.807) is 0 Å². The minimum absolute atomic E-state index is 0.456. The van der Waals surface area contributed by atoms with Crippen molar-refractivity contribution in [2.45, 2.75) is 117 Å². The van der Waals surface area contributed by atoms with Crippen molar-refractivity contribution >= 4 is 16.7 Å². The Labute approximate surface area is 190 Å². The van der Waals surface area contributed by atoms with Gasteiger partial charge in [-0.25, -0.2) is 4.79 Å². The van der Waals surface area contributed by atoms with Crippen LogP contribution in [-0.4, -0.2) is 11.1 Å². The fourth-order valence-corrected chi connectivity index (χ4v) is 4.53. The molecule has 0 aliphatic heterocycles. The maximum atomic E-state index is 11.8. The number of aryl methyl sites for hydroxylation is 2. The van der Waals surface area contributed by atoms with Crippen molar-refractivity contribution in [1.29, 1.82) is 0 Å². The topological polar surface area (TPSA) is 37.3 Å². The van der Waals surface area contributed by atoms with E-state index in [4.69, 9.17) is 0 Å². The molecule has 0 amide bonds. The number of benzene rings is 2. The Hall–Kier alpha value is -1.83. The summed E-state index contributed by atoms with van der Waals surface area (Å²) in [5.41, 5.74) is 2.97. The van der Waals surface area contributed by atoms with Crippen molar-refractivity contribution in [3.63, 3.8) is 0 Å².